The quantitative estimate of drug-likeness (QED) is 0.624. The molecule has 1 fully saturated rings. The molecule has 1 rings (SSSR count). The summed E-state index contributed by atoms with van der Waals surface area (Å²) in [5, 5.41) is 0. The summed E-state index contributed by atoms with van der Waals surface area (Å²) in [6.07, 6.45) is 3.08. The third-order valence-electron chi connectivity index (χ3n) is 2.19. The summed E-state index contributed by atoms with van der Waals surface area (Å²) in [5.74, 6) is 1.52. The zero-order valence-corrected chi connectivity index (χ0v) is 7.62. The van der Waals surface area contributed by atoms with Gasteiger partial charge in [-0.1, -0.05) is 13.8 Å². The maximum absolute atomic E-state index is 11.2. The Balaban J connectivity index is 2.33. The number of Topliss-reactive ketones (excluding diaryl/α,β-unsaturated/α-hetero) is 1. The van der Waals surface area contributed by atoms with Crippen LogP contribution in [0.5, 0.6) is 0 Å². The Kier molecular flexibility index (Phi) is 2.09. The van der Waals surface area contributed by atoms with Crippen LogP contribution < -0.4 is 0 Å². The van der Waals surface area contributed by atoms with Gasteiger partial charge >= 0.3 is 0 Å². The molecule has 0 amide bonds. The average molecular weight is 158 g/mol. The number of ketones is 1. The lowest BCUT2D eigenvalue weighted by Gasteiger charge is -1.99. The van der Waals surface area contributed by atoms with Gasteiger partial charge in [0, 0.05) is 5.92 Å². The molecule has 10 heavy (non-hydrogen) atoms. The minimum absolute atomic E-state index is 0.326. The Hall–Kier alpha value is 0.0200. The largest absolute Gasteiger partial charge is 0.298 e. The molecule has 1 unspecified atom stereocenters. The SMILES string of the molecule is CSCC(=O)C1CC1(C)C. The monoisotopic (exact) mass is 158 g/mol. The summed E-state index contributed by atoms with van der Waals surface area (Å²) in [7, 11) is 0. The van der Waals surface area contributed by atoms with E-state index in [4.69, 9.17) is 0 Å². The van der Waals surface area contributed by atoms with Crippen LogP contribution in [0.15, 0.2) is 0 Å². The van der Waals surface area contributed by atoms with Gasteiger partial charge in [0.25, 0.3) is 0 Å². The molecule has 0 aromatic carbocycles. The molecular weight excluding hydrogens is 144 g/mol. The van der Waals surface area contributed by atoms with Crippen LogP contribution in [0.4, 0.5) is 0 Å². The van der Waals surface area contributed by atoms with Gasteiger partial charge in [0.1, 0.15) is 5.78 Å². The Morgan fingerprint density at radius 1 is 1.70 bits per heavy atom. The fourth-order valence-corrected chi connectivity index (χ4v) is 1.75. The molecule has 0 aromatic rings. The van der Waals surface area contributed by atoms with E-state index in [0.717, 1.165) is 6.42 Å². The number of hydrogen-bond donors (Lipinski definition) is 0. The van der Waals surface area contributed by atoms with Crippen molar-refractivity contribution in [2.45, 2.75) is 20.3 Å². The number of hydrogen-bond acceptors (Lipinski definition) is 2. The topological polar surface area (TPSA) is 17.1 Å². The van der Waals surface area contributed by atoms with Crippen molar-refractivity contribution >= 4 is 17.5 Å². The zero-order valence-electron chi connectivity index (χ0n) is 6.81. The zero-order chi connectivity index (χ0) is 7.78. The highest BCUT2D eigenvalue weighted by Gasteiger charge is 2.49. The maximum atomic E-state index is 11.2. The van der Waals surface area contributed by atoms with Crippen LogP contribution in [0, 0.1) is 11.3 Å². The van der Waals surface area contributed by atoms with E-state index in [-0.39, 0.29) is 0 Å². The van der Waals surface area contributed by atoms with Crippen molar-refractivity contribution in [3.05, 3.63) is 0 Å². The number of carbonyl (C=O) groups excluding carboxylic acids is 1. The molecule has 2 heteroatoms. The Labute approximate surface area is 66.6 Å². The first-order valence-electron chi connectivity index (χ1n) is 3.59. The van der Waals surface area contributed by atoms with Crippen LogP contribution in [0.2, 0.25) is 0 Å². The second-order valence-corrected chi connectivity index (χ2v) is 4.51. The van der Waals surface area contributed by atoms with Gasteiger partial charge < -0.3 is 0 Å². The van der Waals surface area contributed by atoms with Crippen molar-refractivity contribution in [3.63, 3.8) is 0 Å². The van der Waals surface area contributed by atoms with Crippen molar-refractivity contribution in [1.82, 2.24) is 0 Å². The van der Waals surface area contributed by atoms with Gasteiger partial charge in [-0.2, -0.15) is 11.8 Å². The van der Waals surface area contributed by atoms with Gasteiger partial charge in [-0.3, -0.25) is 4.79 Å². The predicted octanol–water partition coefficient (Wildman–Crippen LogP) is 1.96. The van der Waals surface area contributed by atoms with Crippen LogP contribution in [-0.4, -0.2) is 17.8 Å². The summed E-state index contributed by atoms with van der Waals surface area (Å²) in [6, 6.07) is 0. The second kappa shape index (κ2) is 2.57. The van der Waals surface area contributed by atoms with Crippen LogP contribution in [0.1, 0.15) is 20.3 Å². The van der Waals surface area contributed by atoms with E-state index in [0.29, 0.717) is 22.9 Å². The minimum atomic E-state index is 0.326. The Bertz CT molecular complexity index is 151. The fraction of sp³-hybridized carbons (Fsp3) is 0.875. The summed E-state index contributed by atoms with van der Waals surface area (Å²) >= 11 is 1.63. The van der Waals surface area contributed by atoms with Gasteiger partial charge in [0.2, 0.25) is 0 Å². The van der Waals surface area contributed by atoms with E-state index in [1.807, 2.05) is 6.26 Å². The smallest absolute Gasteiger partial charge is 0.146 e. The molecule has 0 N–H and O–H groups in total. The second-order valence-electron chi connectivity index (χ2n) is 3.64. The maximum Gasteiger partial charge on any atom is 0.146 e. The van der Waals surface area contributed by atoms with Crippen molar-refractivity contribution < 1.29 is 4.79 Å². The van der Waals surface area contributed by atoms with E-state index in [1.54, 1.807) is 11.8 Å². The molecular formula is C8H14OS. The molecule has 1 saturated carbocycles. The van der Waals surface area contributed by atoms with Crippen LogP contribution >= 0.6 is 11.8 Å². The van der Waals surface area contributed by atoms with Crippen molar-refractivity contribution in [3.8, 4) is 0 Å². The molecule has 0 aromatic heterocycles. The number of carbonyl (C=O) groups is 1. The first-order valence-corrected chi connectivity index (χ1v) is 4.99. The Morgan fingerprint density at radius 3 is 2.50 bits per heavy atom. The van der Waals surface area contributed by atoms with Gasteiger partial charge in [-0.15, -0.1) is 0 Å². The van der Waals surface area contributed by atoms with Gasteiger partial charge in [0.05, 0.1) is 5.75 Å². The van der Waals surface area contributed by atoms with Crippen molar-refractivity contribution in [2.75, 3.05) is 12.0 Å². The normalized spacial score (nSPS) is 28.1. The molecule has 1 nitrogen and oxygen atoms in total. The molecule has 0 spiro atoms. The highest BCUT2D eigenvalue weighted by molar-refractivity contribution is 7.99. The molecule has 1 aliphatic rings. The van der Waals surface area contributed by atoms with E-state index in [1.165, 1.54) is 0 Å². The lowest BCUT2D eigenvalue weighted by molar-refractivity contribution is -0.118. The first kappa shape index (κ1) is 8.12. The lowest BCUT2D eigenvalue weighted by Crippen LogP contribution is -2.07. The minimum Gasteiger partial charge on any atom is -0.298 e. The molecule has 0 heterocycles. The Morgan fingerprint density at radius 2 is 2.20 bits per heavy atom. The van der Waals surface area contributed by atoms with E-state index in [9.17, 15) is 4.79 Å². The summed E-state index contributed by atoms with van der Waals surface area (Å²) in [5.41, 5.74) is 0.326. The van der Waals surface area contributed by atoms with Gasteiger partial charge in [-0.25, -0.2) is 0 Å². The van der Waals surface area contributed by atoms with Crippen molar-refractivity contribution in [1.29, 1.82) is 0 Å². The molecule has 1 aliphatic carbocycles. The molecule has 0 saturated heterocycles. The first-order chi connectivity index (χ1) is 4.58. The van der Waals surface area contributed by atoms with Gasteiger partial charge in [0.15, 0.2) is 0 Å². The van der Waals surface area contributed by atoms with Crippen molar-refractivity contribution in [2.24, 2.45) is 11.3 Å². The lowest BCUT2D eigenvalue weighted by atomic mass is 10.1. The van der Waals surface area contributed by atoms with Crippen LogP contribution in [-0.2, 0) is 4.79 Å². The van der Waals surface area contributed by atoms with Gasteiger partial charge in [-0.05, 0) is 18.1 Å². The molecule has 1 atom stereocenters. The fourth-order valence-electron chi connectivity index (χ4n) is 1.26. The standard InChI is InChI=1S/C8H14OS/c1-8(2)4-6(8)7(9)5-10-3/h6H,4-5H2,1-3H3. The predicted molar refractivity (Wildman–Crippen MR) is 45.3 cm³/mol. The molecule has 0 aliphatic heterocycles. The number of thioether (sulfide) groups is 1. The van der Waals surface area contributed by atoms with E-state index < -0.39 is 0 Å². The molecule has 58 valence electrons. The third-order valence-corrected chi connectivity index (χ3v) is 2.76. The average Bonchev–Trinajstić information content (AvgIpc) is 2.41. The van der Waals surface area contributed by atoms with Crippen LogP contribution in [0.25, 0.3) is 0 Å². The van der Waals surface area contributed by atoms with Crippen LogP contribution in [0.3, 0.4) is 0 Å². The highest BCUT2D eigenvalue weighted by atomic mass is 32.2. The summed E-state index contributed by atoms with van der Waals surface area (Å²) < 4.78 is 0. The molecule has 0 bridgehead atoms. The summed E-state index contributed by atoms with van der Waals surface area (Å²) in [6.45, 7) is 4.33. The summed E-state index contributed by atoms with van der Waals surface area (Å²) in [4.78, 5) is 11.2. The molecule has 0 radical (unpaired) electrons. The van der Waals surface area contributed by atoms with E-state index in [2.05, 4.69) is 13.8 Å². The third kappa shape index (κ3) is 1.54. The number of rotatable bonds is 3. The van der Waals surface area contributed by atoms with E-state index >= 15 is 0 Å². The highest BCUT2D eigenvalue weighted by Crippen LogP contribution is 2.52.